The van der Waals surface area contributed by atoms with Gasteiger partial charge in [-0.15, -0.1) is 0 Å². The van der Waals surface area contributed by atoms with Crippen LogP contribution in [0.15, 0.2) is 35.4 Å². The molecular weight excluding hydrogens is 390 g/mol. The quantitative estimate of drug-likeness (QED) is 0.760. The van der Waals surface area contributed by atoms with E-state index in [9.17, 15) is 13.2 Å². The Balaban J connectivity index is 1.43. The Hall–Kier alpha value is -2.32. The fourth-order valence-electron chi connectivity index (χ4n) is 4.14. The van der Waals surface area contributed by atoms with Crippen LogP contribution in [0, 0.1) is 6.92 Å². The van der Waals surface area contributed by atoms with Crippen molar-refractivity contribution in [3.05, 3.63) is 53.1 Å². The smallest absolute Gasteiger partial charge is 0.226 e. The number of likely N-dealkylation sites (tertiary alicyclic amines) is 1. The predicted octanol–water partition coefficient (Wildman–Crippen LogP) is 1.82. The third kappa shape index (κ3) is 4.04. The van der Waals surface area contributed by atoms with Gasteiger partial charge in [-0.25, -0.2) is 18.4 Å². The Kier molecular flexibility index (Phi) is 5.16. The number of fused-ring (bicyclic) bond motifs is 2. The third-order valence-electron chi connectivity index (χ3n) is 5.80. The summed E-state index contributed by atoms with van der Waals surface area (Å²) >= 11 is 0. The Labute approximate surface area is 171 Å². The number of hydrogen-bond acceptors (Lipinski definition) is 6. The van der Waals surface area contributed by atoms with Crippen LogP contribution >= 0.6 is 0 Å². The second kappa shape index (κ2) is 7.50. The highest BCUT2D eigenvalue weighted by atomic mass is 32.2. The lowest BCUT2D eigenvalue weighted by molar-refractivity contribution is -0.140. The molecule has 1 saturated heterocycles. The summed E-state index contributed by atoms with van der Waals surface area (Å²) in [5.41, 5.74) is 2.52. The molecule has 0 unspecified atom stereocenters. The molecule has 1 fully saturated rings. The molecule has 7 nitrogen and oxygen atoms in total. The minimum atomic E-state index is -3.23. The summed E-state index contributed by atoms with van der Waals surface area (Å²) in [4.78, 5) is 23.9. The van der Waals surface area contributed by atoms with Gasteiger partial charge in [0.05, 0.1) is 23.6 Å². The molecule has 154 valence electrons. The van der Waals surface area contributed by atoms with Gasteiger partial charge in [0, 0.05) is 25.5 Å². The van der Waals surface area contributed by atoms with E-state index in [1.807, 2.05) is 18.0 Å². The SMILES string of the molecule is Cc1ncc2c(n1)C1(CCN(C(=O)Cc3ccc(S(C)(=O)=O)cc3)CC1)OCC2. The number of nitrogens with zero attached hydrogens (tertiary/aromatic N) is 3. The van der Waals surface area contributed by atoms with Crippen molar-refractivity contribution < 1.29 is 17.9 Å². The maximum atomic E-state index is 12.8. The zero-order valence-electron chi connectivity index (χ0n) is 16.7. The van der Waals surface area contributed by atoms with Crippen LogP contribution in [0.25, 0.3) is 0 Å². The number of rotatable bonds is 3. The number of carbonyl (C=O) groups excluding carboxylic acids is 1. The average Bonchev–Trinajstić information content (AvgIpc) is 2.69. The molecular formula is C21H25N3O4S. The summed E-state index contributed by atoms with van der Waals surface area (Å²) in [6.45, 7) is 3.77. The third-order valence-corrected chi connectivity index (χ3v) is 6.93. The molecule has 3 heterocycles. The molecule has 2 aliphatic rings. The van der Waals surface area contributed by atoms with E-state index in [0.29, 0.717) is 19.7 Å². The molecule has 1 spiro atoms. The molecule has 1 aromatic carbocycles. The molecule has 1 amide bonds. The molecule has 0 saturated carbocycles. The average molecular weight is 416 g/mol. The topological polar surface area (TPSA) is 89.5 Å². The highest BCUT2D eigenvalue weighted by Crippen LogP contribution is 2.40. The number of aromatic nitrogens is 2. The predicted molar refractivity (Wildman–Crippen MR) is 107 cm³/mol. The number of piperidine rings is 1. The number of sulfone groups is 1. The second-order valence-electron chi connectivity index (χ2n) is 7.86. The number of amides is 1. The highest BCUT2D eigenvalue weighted by Gasteiger charge is 2.43. The zero-order valence-corrected chi connectivity index (χ0v) is 17.5. The second-order valence-corrected chi connectivity index (χ2v) is 9.87. The molecule has 0 radical (unpaired) electrons. The fourth-order valence-corrected chi connectivity index (χ4v) is 4.77. The van der Waals surface area contributed by atoms with E-state index >= 15 is 0 Å². The standard InChI is InChI=1S/C21H25N3O4S/c1-15-22-14-17-7-12-28-21(20(17)23-15)8-10-24(11-9-21)19(25)13-16-3-5-18(6-4-16)29(2,26)27/h3-6,14H,7-13H2,1-2H3. The lowest BCUT2D eigenvalue weighted by Crippen LogP contribution is -2.49. The van der Waals surface area contributed by atoms with Crippen LogP contribution in [-0.4, -0.2) is 55.1 Å². The molecule has 0 bridgehead atoms. The van der Waals surface area contributed by atoms with Crippen LogP contribution in [0.4, 0.5) is 0 Å². The van der Waals surface area contributed by atoms with E-state index in [1.54, 1.807) is 24.3 Å². The first-order chi connectivity index (χ1) is 13.8. The van der Waals surface area contributed by atoms with Crippen LogP contribution in [0.1, 0.15) is 35.5 Å². The van der Waals surface area contributed by atoms with Crippen LogP contribution in [-0.2, 0) is 37.8 Å². The largest absolute Gasteiger partial charge is 0.368 e. The van der Waals surface area contributed by atoms with Gasteiger partial charge in [0.1, 0.15) is 11.4 Å². The lowest BCUT2D eigenvalue weighted by atomic mass is 9.83. The molecule has 29 heavy (non-hydrogen) atoms. The normalized spacial score (nSPS) is 18.5. The molecule has 0 atom stereocenters. The summed E-state index contributed by atoms with van der Waals surface area (Å²) in [5, 5.41) is 0. The molecule has 4 rings (SSSR count). The summed E-state index contributed by atoms with van der Waals surface area (Å²) < 4.78 is 29.3. The zero-order chi connectivity index (χ0) is 20.6. The van der Waals surface area contributed by atoms with Gasteiger partial charge in [0.15, 0.2) is 9.84 Å². The molecule has 0 N–H and O–H groups in total. The first-order valence-electron chi connectivity index (χ1n) is 9.81. The van der Waals surface area contributed by atoms with Gasteiger partial charge in [-0.3, -0.25) is 4.79 Å². The molecule has 0 aliphatic carbocycles. The van der Waals surface area contributed by atoms with E-state index in [-0.39, 0.29) is 17.2 Å². The maximum absolute atomic E-state index is 12.8. The summed E-state index contributed by atoms with van der Waals surface area (Å²) in [6.07, 6.45) is 5.60. The van der Waals surface area contributed by atoms with Crippen molar-refractivity contribution in [1.29, 1.82) is 0 Å². The number of ether oxygens (including phenoxy) is 1. The molecule has 2 aliphatic heterocycles. The van der Waals surface area contributed by atoms with E-state index in [1.165, 1.54) is 6.26 Å². The first-order valence-corrected chi connectivity index (χ1v) is 11.7. The van der Waals surface area contributed by atoms with E-state index in [0.717, 1.165) is 41.9 Å². The van der Waals surface area contributed by atoms with Crippen molar-refractivity contribution in [1.82, 2.24) is 14.9 Å². The minimum absolute atomic E-state index is 0.0434. The van der Waals surface area contributed by atoms with Crippen molar-refractivity contribution in [3.63, 3.8) is 0 Å². The van der Waals surface area contributed by atoms with Crippen LogP contribution in [0.5, 0.6) is 0 Å². The summed E-state index contributed by atoms with van der Waals surface area (Å²) in [5.74, 6) is 0.784. The van der Waals surface area contributed by atoms with Gasteiger partial charge in [-0.05, 0) is 49.4 Å². The minimum Gasteiger partial charge on any atom is -0.368 e. The maximum Gasteiger partial charge on any atom is 0.226 e. The van der Waals surface area contributed by atoms with Crippen molar-refractivity contribution in [2.75, 3.05) is 26.0 Å². The van der Waals surface area contributed by atoms with E-state index in [2.05, 4.69) is 9.97 Å². The lowest BCUT2D eigenvalue weighted by Gasteiger charge is -2.44. The van der Waals surface area contributed by atoms with Crippen molar-refractivity contribution in [2.45, 2.75) is 43.1 Å². The van der Waals surface area contributed by atoms with Crippen molar-refractivity contribution in [3.8, 4) is 0 Å². The number of aryl methyl sites for hydroxylation is 1. The Bertz CT molecular complexity index is 1030. The van der Waals surface area contributed by atoms with Gasteiger partial charge in [0.25, 0.3) is 0 Å². The van der Waals surface area contributed by atoms with Gasteiger partial charge in [0.2, 0.25) is 5.91 Å². The summed E-state index contributed by atoms with van der Waals surface area (Å²) in [7, 11) is -3.23. The summed E-state index contributed by atoms with van der Waals surface area (Å²) in [6, 6.07) is 6.52. The van der Waals surface area contributed by atoms with Crippen LogP contribution < -0.4 is 0 Å². The Morgan fingerprint density at radius 1 is 1.21 bits per heavy atom. The number of hydrogen-bond donors (Lipinski definition) is 0. The van der Waals surface area contributed by atoms with Crippen molar-refractivity contribution >= 4 is 15.7 Å². The van der Waals surface area contributed by atoms with Gasteiger partial charge < -0.3 is 9.64 Å². The fraction of sp³-hybridized carbons (Fsp3) is 0.476. The van der Waals surface area contributed by atoms with Crippen LogP contribution in [0.2, 0.25) is 0 Å². The Morgan fingerprint density at radius 2 is 1.90 bits per heavy atom. The van der Waals surface area contributed by atoms with Crippen molar-refractivity contribution in [2.24, 2.45) is 0 Å². The molecule has 2 aromatic rings. The Morgan fingerprint density at radius 3 is 2.55 bits per heavy atom. The van der Waals surface area contributed by atoms with E-state index < -0.39 is 15.4 Å². The van der Waals surface area contributed by atoms with Gasteiger partial charge in [-0.1, -0.05) is 12.1 Å². The van der Waals surface area contributed by atoms with Crippen LogP contribution in [0.3, 0.4) is 0 Å². The molecule has 8 heteroatoms. The van der Waals surface area contributed by atoms with Gasteiger partial charge >= 0.3 is 0 Å². The van der Waals surface area contributed by atoms with E-state index in [4.69, 9.17) is 4.74 Å². The number of carbonyl (C=O) groups is 1. The first kappa shape index (κ1) is 20.0. The molecule has 1 aromatic heterocycles. The monoisotopic (exact) mass is 415 g/mol. The number of benzene rings is 1. The highest BCUT2D eigenvalue weighted by molar-refractivity contribution is 7.90. The van der Waals surface area contributed by atoms with Gasteiger partial charge in [-0.2, -0.15) is 0 Å².